The lowest BCUT2D eigenvalue weighted by Crippen LogP contribution is -2.51. The number of H-pyrrole nitrogens is 1. The Morgan fingerprint density at radius 3 is 2.74 bits per heavy atom. The minimum absolute atomic E-state index is 0.153. The number of hydrogen-bond acceptors (Lipinski definition) is 6. The predicted octanol–water partition coefficient (Wildman–Crippen LogP) is -0.0197. The topological polar surface area (TPSA) is 81.3 Å². The van der Waals surface area contributed by atoms with Gasteiger partial charge in [0.15, 0.2) is 0 Å². The number of carbonyl (C=O) groups excluding carboxylic acids is 1. The fourth-order valence-corrected chi connectivity index (χ4v) is 2.67. The molecule has 0 aromatic carbocycles. The molecule has 1 saturated heterocycles. The van der Waals surface area contributed by atoms with Gasteiger partial charge in [-0.2, -0.15) is 10.1 Å². The molecule has 1 N–H and O–H groups in total. The average molecular weight is 315 g/mol. The van der Waals surface area contributed by atoms with Crippen molar-refractivity contribution in [2.45, 2.75) is 6.54 Å². The van der Waals surface area contributed by atoms with Gasteiger partial charge in [-0.05, 0) is 19.2 Å². The van der Waals surface area contributed by atoms with Crippen molar-refractivity contribution in [3.63, 3.8) is 0 Å². The molecule has 3 rings (SSSR count). The first-order valence-corrected chi connectivity index (χ1v) is 7.69. The van der Waals surface area contributed by atoms with E-state index < -0.39 is 0 Å². The predicted molar refractivity (Wildman–Crippen MR) is 85.7 cm³/mol. The number of anilines is 1. The number of carbonyl (C=O) groups is 1. The molecule has 0 unspecified atom stereocenters. The van der Waals surface area contributed by atoms with Gasteiger partial charge in [0.05, 0.1) is 12.2 Å². The molecule has 0 atom stereocenters. The number of piperazine rings is 1. The summed E-state index contributed by atoms with van der Waals surface area (Å²) < 4.78 is 0. The zero-order valence-corrected chi connectivity index (χ0v) is 13.2. The van der Waals surface area contributed by atoms with Crippen molar-refractivity contribution in [1.82, 2.24) is 30.0 Å². The molecule has 23 heavy (non-hydrogen) atoms. The van der Waals surface area contributed by atoms with Gasteiger partial charge in [0.1, 0.15) is 6.33 Å². The number of nitrogens with one attached hydrogen (secondary N) is 1. The fourth-order valence-electron chi connectivity index (χ4n) is 2.67. The van der Waals surface area contributed by atoms with Gasteiger partial charge in [-0.3, -0.25) is 14.7 Å². The first kappa shape index (κ1) is 15.4. The summed E-state index contributed by atoms with van der Waals surface area (Å²) in [4.78, 5) is 26.8. The zero-order chi connectivity index (χ0) is 16.1. The van der Waals surface area contributed by atoms with Crippen molar-refractivity contribution in [3.05, 3.63) is 36.4 Å². The SMILES string of the molecule is CN(CC(=O)N1CCN(c2ncn[nH]2)CC1)Cc1ccccn1. The van der Waals surface area contributed by atoms with E-state index in [0.29, 0.717) is 26.2 Å². The first-order chi connectivity index (χ1) is 11.2. The van der Waals surface area contributed by atoms with E-state index in [1.807, 2.05) is 35.0 Å². The van der Waals surface area contributed by atoms with Crippen LogP contribution in [0.4, 0.5) is 5.95 Å². The fraction of sp³-hybridized carbons (Fsp3) is 0.467. The highest BCUT2D eigenvalue weighted by atomic mass is 16.2. The molecule has 0 radical (unpaired) electrons. The highest BCUT2D eigenvalue weighted by molar-refractivity contribution is 5.78. The normalized spacial score (nSPS) is 15.2. The molecule has 0 bridgehead atoms. The lowest BCUT2D eigenvalue weighted by molar-refractivity contribution is -0.132. The molecule has 122 valence electrons. The number of aromatic nitrogens is 4. The smallest absolute Gasteiger partial charge is 0.236 e. The zero-order valence-electron chi connectivity index (χ0n) is 13.2. The number of pyridine rings is 1. The molecule has 1 amide bonds. The quantitative estimate of drug-likeness (QED) is 0.835. The van der Waals surface area contributed by atoms with Gasteiger partial charge in [-0.25, -0.2) is 5.10 Å². The summed E-state index contributed by atoms with van der Waals surface area (Å²) in [6.07, 6.45) is 3.27. The number of amides is 1. The van der Waals surface area contributed by atoms with E-state index in [1.165, 1.54) is 6.33 Å². The van der Waals surface area contributed by atoms with Crippen molar-refractivity contribution >= 4 is 11.9 Å². The summed E-state index contributed by atoms with van der Waals surface area (Å²) in [6.45, 7) is 4.02. The molecular formula is C15H21N7O. The van der Waals surface area contributed by atoms with E-state index in [0.717, 1.165) is 24.7 Å². The molecule has 1 aliphatic rings. The number of hydrogen-bond donors (Lipinski definition) is 1. The van der Waals surface area contributed by atoms with E-state index in [1.54, 1.807) is 6.20 Å². The third kappa shape index (κ3) is 4.04. The Morgan fingerprint density at radius 1 is 1.26 bits per heavy atom. The lowest BCUT2D eigenvalue weighted by atomic mass is 10.3. The van der Waals surface area contributed by atoms with E-state index in [4.69, 9.17) is 0 Å². The molecule has 2 aromatic heterocycles. The summed E-state index contributed by atoms with van der Waals surface area (Å²) in [5, 5.41) is 6.72. The summed E-state index contributed by atoms with van der Waals surface area (Å²) in [6, 6.07) is 5.82. The molecule has 0 aliphatic carbocycles. The van der Waals surface area contributed by atoms with Crippen LogP contribution in [0.25, 0.3) is 0 Å². The van der Waals surface area contributed by atoms with Crippen molar-refractivity contribution in [2.75, 3.05) is 44.7 Å². The maximum absolute atomic E-state index is 12.4. The minimum atomic E-state index is 0.153. The standard InChI is InChI=1S/C15H21N7O/c1-20(10-13-4-2-3-5-16-13)11-14(23)21-6-8-22(9-7-21)15-17-12-18-19-15/h2-5,12H,6-11H2,1H3,(H,17,18,19). The highest BCUT2D eigenvalue weighted by Crippen LogP contribution is 2.10. The maximum atomic E-state index is 12.4. The summed E-state index contributed by atoms with van der Waals surface area (Å²) >= 11 is 0. The number of nitrogens with zero attached hydrogens (tertiary/aromatic N) is 6. The maximum Gasteiger partial charge on any atom is 0.236 e. The van der Waals surface area contributed by atoms with Crippen LogP contribution in [-0.2, 0) is 11.3 Å². The number of rotatable bonds is 5. The van der Waals surface area contributed by atoms with Crippen LogP contribution in [0.15, 0.2) is 30.7 Å². The Labute approximate surface area is 135 Å². The van der Waals surface area contributed by atoms with Crippen molar-refractivity contribution in [3.8, 4) is 0 Å². The molecule has 8 heteroatoms. The van der Waals surface area contributed by atoms with Crippen LogP contribution in [0.5, 0.6) is 0 Å². The Hall–Kier alpha value is -2.48. The van der Waals surface area contributed by atoms with E-state index in [-0.39, 0.29) is 5.91 Å². The molecule has 1 aliphatic heterocycles. The summed E-state index contributed by atoms with van der Waals surface area (Å²) in [7, 11) is 1.94. The van der Waals surface area contributed by atoms with Gasteiger partial charge >= 0.3 is 0 Å². The highest BCUT2D eigenvalue weighted by Gasteiger charge is 2.23. The number of aromatic amines is 1. The van der Waals surface area contributed by atoms with Crippen LogP contribution in [0.1, 0.15) is 5.69 Å². The van der Waals surface area contributed by atoms with Gasteiger partial charge in [0.2, 0.25) is 11.9 Å². The van der Waals surface area contributed by atoms with Crippen LogP contribution >= 0.6 is 0 Å². The van der Waals surface area contributed by atoms with Gasteiger partial charge in [-0.15, -0.1) is 0 Å². The number of likely N-dealkylation sites (N-methyl/N-ethyl adjacent to an activating group) is 1. The second kappa shape index (κ2) is 7.19. The molecular weight excluding hydrogens is 294 g/mol. The summed E-state index contributed by atoms with van der Waals surface area (Å²) in [5.41, 5.74) is 0.970. The van der Waals surface area contributed by atoms with Crippen LogP contribution in [0.2, 0.25) is 0 Å². The largest absolute Gasteiger partial charge is 0.338 e. The molecule has 2 aromatic rings. The van der Waals surface area contributed by atoms with Gasteiger partial charge in [0.25, 0.3) is 0 Å². The Balaban J connectivity index is 1.46. The van der Waals surface area contributed by atoms with Crippen LogP contribution in [0, 0.1) is 0 Å². The molecule has 1 fully saturated rings. The monoisotopic (exact) mass is 315 g/mol. The average Bonchev–Trinajstić information content (AvgIpc) is 3.10. The molecule has 0 spiro atoms. The lowest BCUT2D eigenvalue weighted by Gasteiger charge is -2.35. The van der Waals surface area contributed by atoms with E-state index in [9.17, 15) is 4.79 Å². The van der Waals surface area contributed by atoms with E-state index >= 15 is 0 Å². The van der Waals surface area contributed by atoms with Crippen LogP contribution in [0.3, 0.4) is 0 Å². The Kier molecular flexibility index (Phi) is 4.82. The van der Waals surface area contributed by atoms with Gasteiger partial charge in [-0.1, -0.05) is 6.07 Å². The van der Waals surface area contributed by atoms with Crippen molar-refractivity contribution in [1.29, 1.82) is 0 Å². The molecule has 8 nitrogen and oxygen atoms in total. The van der Waals surface area contributed by atoms with Gasteiger partial charge < -0.3 is 9.80 Å². The summed E-state index contributed by atoms with van der Waals surface area (Å²) in [5.74, 6) is 0.921. The van der Waals surface area contributed by atoms with Crippen LogP contribution in [-0.4, -0.2) is 75.6 Å². The third-order valence-electron chi connectivity index (χ3n) is 3.90. The Bertz CT molecular complexity index is 608. The molecule has 3 heterocycles. The minimum Gasteiger partial charge on any atom is -0.338 e. The Morgan fingerprint density at radius 2 is 2.09 bits per heavy atom. The van der Waals surface area contributed by atoms with Crippen molar-refractivity contribution in [2.24, 2.45) is 0 Å². The van der Waals surface area contributed by atoms with Crippen LogP contribution < -0.4 is 4.90 Å². The van der Waals surface area contributed by atoms with Crippen molar-refractivity contribution < 1.29 is 4.79 Å². The second-order valence-corrected chi connectivity index (χ2v) is 5.67. The first-order valence-electron chi connectivity index (χ1n) is 7.69. The van der Waals surface area contributed by atoms with Gasteiger partial charge in [0, 0.05) is 38.9 Å². The van der Waals surface area contributed by atoms with E-state index in [2.05, 4.69) is 25.1 Å². The molecule has 0 saturated carbocycles. The second-order valence-electron chi connectivity index (χ2n) is 5.67. The third-order valence-corrected chi connectivity index (χ3v) is 3.90.